The van der Waals surface area contributed by atoms with E-state index in [1.54, 1.807) is 12.3 Å². The Bertz CT molecular complexity index is 403. The van der Waals surface area contributed by atoms with Crippen molar-refractivity contribution in [2.45, 2.75) is 24.8 Å². The van der Waals surface area contributed by atoms with Gasteiger partial charge in [-0.3, -0.25) is 0 Å². The van der Waals surface area contributed by atoms with Crippen LogP contribution in [0.4, 0.5) is 10.2 Å². The normalized spacial score (nSPS) is 17.5. The summed E-state index contributed by atoms with van der Waals surface area (Å²) in [5.74, 6) is 0.372. The van der Waals surface area contributed by atoms with Gasteiger partial charge in [0.15, 0.2) is 11.6 Å². The van der Waals surface area contributed by atoms with E-state index in [1.807, 2.05) is 4.90 Å². The second kappa shape index (κ2) is 5.85. The molecule has 0 amide bonds. The molecule has 0 unspecified atom stereocenters. The van der Waals surface area contributed by atoms with Gasteiger partial charge in [0.25, 0.3) is 0 Å². The zero-order valence-corrected chi connectivity index (χ0v) is 11.6. The summed E-state index contributed by atoms with van der Waals surface area (Å²) in [5.41, 5.74) is 0.524. The number of rotatable bonds is 3. The summed E-state index contributed by atoms with van der Waals surface area (Å²) >= 11 is 5.71. The lowest BCUT2D eigenvalue weighted by Crippen LogP contribution is -2.42. The number of hydrogen-bond donors (Lipinski definition) is 0. The summed E-state index contributed by atoms with van der Waals surface area (Å²) in [6.45, 7) is 1.69. The van der Waals surface area contributed by atoms with E-state index in [1.165, 1.54) is 0 Å². The lowest BCUT2D eigenvalue weighted by Gasteiger charge is -2.36. The Balaban J connectivity index is 2.10. The molecule has 0 saturated carbocycles. The van der Waals surface area contributed by atoms with Gasteiger partial charge in [0.1, 0.15) is 0 Å². The molecule has 1 aliphatic rings. The Morgan fingerprint density at radius 3 is 2.67 bits per heavy atom. The molecule has 18 heavy (non-hydrogen) atoms. The van der Waals surface area contributed by atoms with Crippen LogP contribution in [0.25, 0.3) is 0 Å². The topological polar surface area (TPSA) is 19.4 Å². The highest BCUT2D eigenvalue weighted by molar-refractivity contribution is 6.17. The Labute approximate surface area is 113 Å². The van der Waals surface area contributed by atoms with Gasteiger partial charge in [-0.25, -0.2) is 9.37 Å². The van der Waals surface area contributed by atoms with E-state index in [2.05, 4.69) is 24.0 Å². The molecular weight excluding hydrogens is 253 g/mol. The monoisotopic (exact) mass is 271 g/mol. The maximum absolute atomic E-state index is 14.1. The second-order valence-electron chi connectivity index (χ2n) is 4.92. The van der Waals surface area contributed by atoms with Crippen molar-refractivity contribution in [3.63, 3.8) is 0 Å². The van der Waals surface area contributed by atoms with Gasteiger partial charge in [-0.05, 0) is 33.0 Å². The van der Waals surface area contributed by atoms with Crippen LogP contribution in [-0.4, -0.2) is 43.1 Å². The minimum absolute atomic E-state index is 0.190. The van der Waals surface area contributed by atoms with Crippen LogP contribution >= 0.6 is 11.6 Å². The third kappa shape index (κ3) is 2.75. The van der Waals surface area contributed by atoms with E-state index in [0.29, 0.717) is 17.4 Å². The Morgan fingerprint density at radius 1 is 1.44 bits per heavy atom. The number of halogens is 2. The number of aromatic nitrogens is 1. The predicted octanol–water partition coefficient (Wildman–Crippen LogP) is 2.49. The zero-order chi connectivity index (χ0) is 13.1. The highest BCUT2D eigenvalue weighted by Crippen LogP contribution is 2.24. The van der Waals surface area contributed by atoms with E-state index < -0.39 is 0 Å². The number of nitrogens with zero attached hydrogens (tertiary/aromatic N) is 3. The molecule has 1 aromatic rings. The quantitative estimate of drug-likeness (QED) is 0.788. The molecule has 0 bridgehead atoms. The fourth-order valence-electron chi connectivity index (χ4n) is 2.39. The standard InChI is InChI=1S/C13H19ClFN3/c1-17(2)11-4-7-18(8-5-11)13-12(15)10(9-14)3-6-16-13/h3,6,11H,4-5,7-9H2,1-2H3. The molecule has 1 saturated heterocycles. The number of alkyl halides is 1. The van der Waals surface area contributed by atoms with E-state index in [4.69, 9.17) is 11.6 Å². The van der Waals surface area contributed by atoms with Crippen molar-refractivity contribution in [2.75, 3.05) is 32.1 Å². The van der Waals surface area contributed by atoms with Crippen LogP contribution in [0.15, 0.2) is 12.3 Å². The number of pyridine rings is 1. The summed E-state index contributed by atoms with van der Waals surface area (Å²) in [5, 5.41) is 0. The summed E-state index contributed by atoms with van der Waals surface area (Å²) in [6, 6.07) is 2.22. The van der Waals surface area contributed by atoms with Gasteiger partial charge in [0.2, 0.25) is 0 Å². The molecule has 3 nitrogen and oxygen atoms in total. The third-order valence-corrected chi connectivity index (χ3v) is 3.88. The van der Waals surface area contributed by atoms with Crippen LogP contribution in [0.5, 0.6) is 0 Å². The first kappa shape index (κ1) is 13.6. The minimum Gasteiger partial charge on any atom is -0.354 e. The molecular formula is C13H19ClFN3. The molecule has 2 rings (SSSR count). The Hall–Kier alpha value is -0.870. The molecule has 1 aromatic heterocycles. The van der Waals surface area contributed by atoms with Gasteiger partial charge in [-0.2, -0.15) is 0 Å². The first-order chi connectivity index (χ1) is 8.63. The summed E-state index contributed by atoms with van der Waals surface area (Å²) in [6.07, 6.45) is 3.71. The van der Waals surface area contributed by atoms with Crippen molar-refractivity contribution < 1.29 is 4.39 Å². The molecule has 5 heteroatoms. The van der Waals surface area contributed by atoms with Crippen LogP contribution in [0.1, 0.15) is 18.4 Å². The van der Waals surface area contributed by atoms with Crippen molar-refractivity contribution in [1.29, 1.82) is 0 Å². The van der Waals surface area contributed by atoms with Gasteiger partial charge >= 0.3 is 0 Å². The molecule has 0 atom stereocenters. The highest BCUT2D eigenvalue weighted by Gasteiger charge is 2.23. The predicted molar refractivity (Wildman–Crippen MR) is 72.7 cm³/mol. The number of anilines is 1. The van der Waals surface area contributed by atoms with Crippen molar-refractivity contribution in [3.05, 3.63) is 23.6 Å². The average Bonchev–Trinajstić information content (AvgIpc) is 2.39. The van der Waals surface area contributed by atoms with Crippen molar-refractivity contribution >= 4 is 17.4 Å². The molecule has 0 aromatic carbocycles. The molecule has 0 N–H and O–H groups in total. The molecule has 2 heterocycles. The van der Waals surface area contributed by atoms with Crippen LogP contribution < -0.4 is 4.90 Å². The van der Waals surface area contributed by atoms with Crippen LogP contribution in [0.3, 0.4) is 0 Å². The molecule has 0 radical (unpaired) electrons. The molecule has 0 spiro atoms. The van der Waals surface area contributed by atoms with Crippen molar-refractivity contribution in [2.24, 2.45) is 0 Å². The van der Waals surface area contributed by atoms with Gasteiger partial charge in [0.05, 0.1) is 5.88 Å². The van der Waals surface area contributed by atoms with E-state index in [0.717, 1.165) is 25.9 Å². The lowest BCUT2D eigenvalue weighted by atomic mass is 10.0. The van der Waals surface area contributed by atoms with E-state index in [9.17, 15) is 4.39 Å². The van der Waals surface area contributed by atoms with Gasteiger partial charge in [-0.1, -0.05) is 0 Å². The minimum atomic E-state index is -0.268. The number of piperidine rings is 1. The molecule has 0 aliphatic carbocycles. The molecule has 1 fully saturated rings. The fraction of sp³-hybridized carbons (Fsp3) is 0.615. The first-order valence-electron chi connectivity index (χ1n) is 6.24. The van der Waals surface area contributed by atoms with Gasteiger partial charge < -0.3 is 9.80 Å². The SMILES string of the molecule is CN(C)C1CCN(c2nccc(CCl)c2F)CC1. The summed E-state index contributed by atoms with van der Waals surface area (Å²) in [7, 11) is 4.18. The van der Waals surface area contributed by atoms with Crippen molar-refractivity contribution in [1.82, 2.24) is 9.88 Å². The van der Waals surface area contributed by atoms with Crippen LogP contribution in [-0.2, 0) is 5.88 Å². The van der Waals surface area contributed by atoms with Crippen LogP contribution in [0.2, 0.25) is 0 Å². The zero-order valence-electron chi connectivity index (χ0n) is 10.9. The maximum atomic E-state index is 14.1. The summed E-state index contributed by atoms with van der Waals surface area (Å²) in [4.78, 5) is 8.41. The Morgan fingerprint density at radius 2 is 2.11 bits per heavy atom. The smallest absolute Gasteiger partial charge is 0.170 e. The van der Waals surface area contributed by atoms with Gasteiger partial charge in [0, 0.05) is 30.9 Å². The summed E-state index contributed by atoms with van der Waals surface area (Å²) < 4.78 is 14.1. The average molecular weight is 272 g/mol. The lowest BCUT2D eigenvalue weighted by molar-refractivity contribution is 0.249. The first-order valence-corrected chi connectivity index (χ1v) is 6.77. The number of hydrogen-bond acceptors (Lipinski definition) is 3. The Kier molecular flexibility index (Phi) is 4.40. The second-order valence-corrected chi connectivity index (χ2v) is 5.19. The van der Waals surface area contributed by atoms with E-state index in [-0.39, 0.29) is 11.7 Å². The van der Waals surface area contributed by atoms with E-state index >= 15 is 0 Å². The van der Waals surface area contributed by atoms with Gasteiger partial charge in [-0.15, -0.1) is 11.6 Å². The van der Waals surface area contributed by atoms with Crippen molar-refractivity contribution in [3.8, 4) is 0 Å². The van der Waals surface area contributed by atoms with Crippen LogP contribution in [0, 0.1) is 5.82 Å². The molecule has 1 aliphatic heterocycles. The third-order valence-electron chi connectivity index (χ3n) is 3.59. The highest BCUT2D eigenvalue weighted by atomic mass is 35.5. The fourth-order valence-corrected chi connectivity index (χ4v) is 2.60. The largest absolute Gasteiger partial charge is 0.354 e. The molecule has 100 valence electrons. The maximum Gasteiger partial charge on any atom is 0.170 e.